The van der Waals surface area contributed by atoms with E-state index in [2.05, 4.69) is 5.32 Å². The molecular formula is C41H57N7O15. The van der Waals surface area contributed by atoms with Gasteiger partial charge in [-0.25, -0.2) is 14.4 Å². The SMILES string of the molecule is CN(C)CCN(C)C(=O)Oc1ccc(COC(=O)N(C)CCCCC(=O)[C@H](CC(=O)ON2C(=O)CCC2=O)N(C)C(=O)COCCOCCNC(=O)CCN2C(=O)C=CC2=O)cc1. The van der Waals surface area contributed by atoms with Crippen LogP contribution in [-0.4, -0.2) is 189 Å². The third-order valence-electron chi connectivity index (χ3n) is 9.58. The zero-order valence-electron chi connectivity index (χ0n) is 36.4. The predicted octanol–water partition coefficient (Wildman–Crippen LogP) is 0.275. The number of ether oxygens (including phenoxy) is 4. The van der Waals surface area contributed by atoms with Gasteiger partial charge in [0.15, 0.2) is 5.78 Å². The molecule has 2 aliphatic heterocycles. The molecule has 2 heterocycles. The second kappa shape index (κ2) is 26.3. The van der Waals surface area contributed by atoms with Crippen molar-refractivity contribution in [3.63, 3.8) is 0 Å². The highest BCUT2D eigenvalue weighted by Crippen LogP contribution is 2.17. The fourth-order valence-corrected chi connectivity index (χ4v) is 5.73. The van der Waals surface area contributed by atoms with Gasteiger partial charge in [0.1, 0.15) is 25.0 Å². The van der Waals surface area contributed by atoms with E-state index < -0.39 is 72.5 Å². The average molecular weight is 888 g/mol. The van der Waals surface area contributed by atoms with Crippen molar-refractivity contribution in [2.24, 2.45) is 0 Å². The van der Waals surface area contributed by atoms with Crippen LogP contribution in [-0.2, 0) is 64.0 Å². The van der Waals surface area contributed by atoms with E-state index in [4.69, 9.17) is 23.8 Å². The number of amides is 8. The van der Waals surface area contributed by atoms with Crippen LogP contribution in [0.25, 0.3) is 0 Å². The Hall–Kier alpha value is -6.26. The van der Waals surface area contributed by atoms with Crippen molar-refractivity contribution in [3.05, 3.63) is 42.0 Å². The molecular weight excluding hydrogens is 830 g/mol. The molecule has 22 nitrogen and oxygen atoms in total. The lowest BCUT2D eigenvalue weighted by Gasteiger charge is -2.27. The molecule has 0 unspecified atom stereocenters. The number of carbonyl (C=O) groups excluding carboxylic acids is 10. The zero-order chi connectivity index (χ0) is 46.5. The van der Waals surface area contributed by atoms with Gasteiger partial charge in [0, 0.05) is 91.7 Å². The number of likely N-dealkylation sites (N-methyl/N-ethyl adjacent to an activating group) is 3. The number of imide groups is 2. The van der Waals surface area contributed by atoms with E-state index in [1.165, 1.54) is 23.9 Å². The number of Topliss-reactive ketones (excluding diaryl/α,β-unsaturated/α-hetero) is 1. The summed E-state index contributed by atoms with van der Waals surface area (Å²) >= 11 is 0. The first kappa shape index (κ1) is 51.1. The summed E-state index contributed by atoms with van der Waals surface area (Å²) in [6, 6.07) is 5.19. The number of hydroxylamine groups is 2. The Balaban J connectivity index is 1.39. The molecule has 1 aromatic carbocycles. The number of benzene rings is 1. The normalized spacial score (nSPS) is 13.9. The van der Waals surface area contributed by atoms with E-state index in [-0.39, 0.29) is 84.1 Å². The lowest BCUT2D eigenvalue weighted by atomic mass is 10.0. The second-order valence-corrected chi connectivity index (χ2v) is 14.8. The van der Waals surface area contributed by atoms with Gasteiger partial charge in [-0.05, 0) is 44.6 Å². The molecule has 3 rings (SSSR count). The number of carbonyl (C=O) groups is 10. The number of ketones is 1. The van der Waals surface area contributed by atoms with Gasteiger partial charge in [0.25, 0.3) is 23.6 Å². The monoisotopic (exact) mass is 887 g/mol. The minimum absolute atomic E-state index is 0.0331. The summed E-state index contributed by atoms with van der Waals surface area (Å²) in [5.74, 6) is -4.66. The number of hydrogen-bond acceptors (Lipinski definition) is 16. The fraction of sp³-hybridized carbons (Fsp3) is 0.561. The molecule has 0 aliphatic carbocycles. The number of hydrogen-bond donors (Lipinski definition) is 1. The predicted molar refractivity (Wildman–Crippen MR) is 219 cm³/mol. The molecule has 22 heteroatoms. The lowest BCUT2D eigenvalue weighted by molar-refractivity contribution is -0.198. The summed E-state index contributed by atoms with van der Waals surface area (Å²) in [5.41, 5.74) is 0.659. The number of nitrogens with zero attached hydrogens (tertiary/aromatic N) is 6. The number of unbranched alkanes of at least 4 members (excludes halogenated alkanes) is 1. The highest BCUT2D eigenvalue weighted by atomic mass is 16.7. The Morgan fingerprint density at radius 2 is 1.38 bits per heavy atom. The van der Waals surface area contributed by atoms with E-state index in [1.807, 2.05) is 19.0 Å². The van der Waals surface area contributed by atoms with Gasteiger partial charge >= 0.3 is 18.2 Å². The van der Waals surface area contributed by atoms with E-state index >= 15 is 0 Å². The van der Waals surface area contributed by atoms with Crippen molar-refractivity contribution in [2.45, 2.75) is 57.6 Å². The first-order chi connectivity index (χ1) is 30.0. The molecule has 1 aromatic rings. The van der Waals surface area contributed by atoms with Gasteiger partial charge in [0.05, 0.1) is 26.2 Å². The van der Waals surface area contributed by atoms with Crippen LogP contribution in [0, 0.1) is 0 Å². The molecule has 0 bridgehead atoms. The molecule has 0 radical (unpaired) electrons. The Morgan fingerprint density at radius 1 is 0.746 bits per heavy atom. The lowest BCUT2D eigenvalue weighted by Crippen LogP contribution is -2.46. The fourth-order valence-electron chi connectivity index (χ4n) is 5.73. The Morgan fingerprint density at radius 3 is 2.03 bits per heavy atom. The average Bonchev–Trinajstić information content (AvgIpc) is 3.75. The zero-order valence-corrected chi connectivity index (χ0v) is 36.4. The van der Waals surface area contributed by atoms with E-state index in [9.17, 15) is 47.9 Å². The third kappa shape index (κ3) is 17.9. The Bertz CT molecular complexity index is 1800. The maximum Gasteiger partial charge on any atom is 0.415 e. The highest BCUT2D eigenvalue weighted by Gasteiger charge is 2.36. The number of nitrogens with one attached hydrogen (secondary N) is 1. The van der Waals surface area contributed by atoms with Gasteiger partial charge < -0.3 is 48.7 Å². The maximum absolute atomic E-state index is 13.4. The van der Waals surface area contributed by atoms with Crippen LogP contribution in [0.5, 0.6) is 5.75 Å². The summed E-state index contributed by atoms with van der Waals surface area (Å²) in [6.45, 7) is 1.07. The van der Waals surface area contributed by atoms with Gasteiger partial charge in [-0.15, -0.1) is 5.06 Å². The van der Waals surface area contributed by atoms with Crippen LogP contribution in [0.3, 0.4) is 0 Å². The van der Waals surface area contributed by atoms with E-state index in [1.54, 1.807) is 31.3 Å². The van der Waals surface area contributed by atoms with E-state index in [0.717, 1.165) is 22.0 Å². The summed E-state index contributed by atoms with van der Waals surface area (Å²) in [5, 5.41) is 2.95. The standard InChI is InChI=1S/C41H57N7O15/c1-43(2)21-22-45(4)41(58)62-30-11-9-29(10-12-30)27-61-40(57)44(3)19-7-6-8-32(49)31(26-39(56)63-48-36(53)15-16-37(48)54)46(5)38(55)28-60-25-24-59-23-18-42-33(50)17-20-47-34(51)13-14-35(47)52/h9-14,31H,6-8,15-28H2,1-5H3,(H,42,50)/t31-/m0/s1. The molecule has 1 saturated heterocycles. The molecule has 63 heavy (non-hydrogen) atoms. The topological polar surface area (TPSA) is 248 Å². The Labute approximate surface area is 365 Å². The van der Waals surface area contributed by atoms with Gasteiger partial charge in [-0.3, -0.25) is 38.5 Å². The van der Waals surface area contributed by atoms with Crippen molar-refractivity contribution in [3.8, 4) is 5.75 Å². The summed E-state index contributed by atoms with van der Waals surface area (Å²) < 4.78 is 21.6. The third-order valence-corrected chi connectivity index (χ3v) is 9.58. The molecule has 0 saturated carbocycles. The number of rotatable bonds is 27. The van der Waals surface area contributed by atoms with Crippen LogP contribution >= 0.6 is 0 Å². The molecule has 8 amide bonds. The molecule has 1 fully saturated rings. The van der Waals surface area contributed by atoms with Gasteiger partial charge in [0.2, 0.25) is 11.8 Å². The summed E-state index contributed by atoms with van der Waals surface area (Å²) in [6.07, 6.45) is 0.694. The van der Waals surface area contributed by atoms with Crippen LogP contribution in [0.1, 0.15) is 50.5 Å². The van der Waals surface area contributed by atoms with Crippen molar-refractivity contribution < 1.29 is 71.7 Å². The van der Waals surface area contributed by atoms with Crippen LogP contribution < -0.4 is 10.1 Å². The molecule has 346 valence electrons. The van der Waals surface area contributed by atoms with Crippen LogP contribution in [0.15, 0.2) is 36.4 Å². The first-order valence-electron chi connectivity index (χ1n) is 20.3. The van der Waals surface area contributed by atoms with Crippen molar-refractivity contribution in [1.29, 1.82) is 0 Å². The quantitative estimate of drug-likeness (QED) is 0.0920. The molecule has 1 atom stereocenters. The molecule has 1 N–H and O–H groups in total. The minimum Gasteiger partial charge on any atom is -0.445 e. The van der Waals surface area contributed by atoms with E-state index in [0.29, 0.717) is 35.9 Å². The Kier molecular flexibility index (Phi) is 21.3. The molecule has 2 aliphatic rings. The van der Waals surface area contributed by atoms with Crippen LogP contribution in [0.2, 0.25) is 0 Å². The maximum atomic E-state index is 13.4. The second-order valence-electron chi connectivity index (χ2n) is 14.8. The molecule has 0 aromatic heterocycles. The summed E-state index contributed by atoms with van der Waals surface area (Å²) in [7, 11) is 8.27. The molecule has 0 spiro atoms. The van der Waals surface area contributed by atoms with Crippen molar-refractivity contribution in [1.82, 2.24) is 34.9 Å². The van der Waals surface area contributed by atoms with Crippen molar-refractivity contribution in [2.75, 3.05) is 94.4 Å². The first-order valence-corrected chi connectivity index (χ1v) is 20.3. The smallest absolute Gasteiger partial charge is 0.415 e. The largest absolute Gasteiger partial charge is 0.445 e. The van der Waals surface area contributed by atoms with Crippen LogP contribution in [0.4, 0.5) is 9.59 Å². The highest BCUT2D eigenvalue weighted by molar-refractivity contribution is 6.13. The van der Waals surface area contributed by atoms with Gasteiger partial charge in [-0.1, -0.05) is 12.1 Å². The van der Waals surface area contributed by atoms with Crippen molar-refractivity contribution >= 4 is 59.4 Å². The summed E-state index contributed by atoms with van der Waals surface area (Å²) in [4.78, 5) is 135. The minimum atomic E-state index is -1.33. The van der Waals surface area contributed by atoms with Gasteiger partial charge in [-0.2, -0.15) is 0 Å².